The summed E-state index contributed by atoms with van der Waals surface area (Å²) in [7, 11) is 1.48. The lowest BCUT2D eigenvalue weighted by Gasteiger charge is -2.07. The third kappa shape index (κ3) is 2.85. The van der Waals surface area contributed by atoms with E-state index in [0.29, 0.717) is 9.22 Å². The van der Waals surface area contributed by atoms with Crippen LogP contribution in [0.25, 0.3) is 10.9 Å². The molecule has 5 nitrogen and oxygen atoms in total. The minimum absolute atomic E-state index is 0.114. The predicted octanol–water partition coefficient (Wildman–Crippen LogP) is 3.20. The molecule has 0 N–H and O–H groups in total. The average molecular weight is 414 g/mol. The van der Waals surface area contributed by atoms with Crippen LogP contribution in [-0.2, 0) is 0 Å². The Morgan fingerprint density at radius 2 is 2.09 bits per heavy atom. The van der Waals surface area contributed by atoms with Gasteiger partial charge >= 0.3 is 7.48 Å². The van der Waals surface area contributed by atoms with E-state index in [1.165, 1.54) is 18.4 Å². The summed E-state index contributed by atoms with van der Waals surface area (Å²) in [6, 6.07) is 4.63. The Bertz CT molecular complexity index is 844. The van der Waals surface area contributed by atoms with Crippen molar-refractivity contribution in [3.63, 3.8) is 0 Å². The lowest BCUT2D eigenvalue weighted by Crippen LogP contribution is -2.14. The van der Waals surface area contributed by atoms with Gasteiger partial charge in [0.15, 0.2) is 11.6 Å². The summed E-state index contributed by atoms with van der Waals surface area (Å²) in [4.78, 5) is 5.41. The zero-order chi connectivity index (χ0) is 15.7. The van der Waals surface area contributed by atoms with Crippen molar-refractivity contribution in [2.75, 3.05) is 0 Å². The monoisotopic (exact) mass is 414 g/mol. The van der Waals surface area contributed by atoms with E-state index < -0.39 is 11.6 Å². The molecular weight excluding hydrogens is 406 g/mol. The number of hydrogen-bond acceptors (Lipinski definition) is 4. The van der Waals surface area contributed by atoms with Crippen LogP contribution in [0.15, 0.2) is 30.5 Å². The van der Waals surface area contributed by atoms with E-state index in [2.05, 4.69) is 32.7 Å². The standard InChI is InChI=1S/C13H8BF2IN3O2/c1-14-22-20-10-5-12(18-6-8(10)13(17)19-20)21-11-3-2-7(15)4-9(11)16/h2-6H,1H3. The Morgan fingerprint density at radius 1 is 1.27 bits per heavy atom. The van der Waals surface area contributed by atoms with Gasteiger partial charge in [-0.2, -0.15) is 0 Å². The molecule has 2 aromatic heterocycles. The van der Waals surface area contributed by atoms with E-state index in [4.69, 9.17) is 9.49 Å². The molecule has 0 spiro atoms. The second-order valence-electron chi connectivity index (χ2n) is 4.22. The van der Waals surface area contributed by atoms with Crippen LogP contribution in [0.2, 0.25) is 6.82 Å². The number of aromatic nitrogens is 3. The van der Waals surface area contributed by atoms with Gasteiger partial charge in [-0.15, -0.1) is 9.94 Å². The third-order valence-electron chi connectivity index (χ3n) is 2.78. The topological polar surface area (TPSA) is 49.2 Å². The Morgan fingerprint density at radius 3 is 2.82 bits per heavy atom. The summed E-state index contributed by atoms with van der Waals surface area (Å²) < 4.78 is 37.8. The van der Waals surface area contributed by atoms with Gasteiger partial charge in [0.05, 0.1) is 5.39 Å². The highest BCUT2D eigenvalue weighted by Gasteiger charge is 2.13. The second-order valence-corrected chi connectivity index (χ2v) is 5.24. The van der Waals surface area contributed by atoms with Gasteiger partial charge in [0.25, 0.3) is 0 Å². The number of nitrogens with zero attached hydrogens (tertiary/aromatic N) is 3. The number of rotatable bonds is 4. The summed E-state index contributed by atoms with van der Waals surface area (Å²) in [6.07, 6.45) is 1.55. The first-order chi connectivity index (χ1) is 10.6. The first kappa shape index (κ1) is 15.0. The first-order valence-corrected chi connectivity index (χ1v) is 7.28. The van der Waals surface area contributed by atoms with Crippen molar-refractivity contribution in [1.82, 2.24) is 14.9 Å². The summed E-state index contributed by atoms with van der Waals surface area (Å²) in [5.41, 5.74) is 0.620. The van der Waals surface area contributed by atoms with Gasteiger partial charge in [0, 0.05) is 18.3 Å². The molecule has 1 radical (unpaired) electrons. The normalized spacial score (nSPS) is 10.7. The SMILES string of the molecule is C[B]On1nc(I)c2cnc(Oc3ccc(F)cc3F)cc21. The average Bonchev–Trinajstić information content (AvgIpc) is 2.79. The first-order valence-electron chi connectivity index (χ1n) is 6.20. The number of fused-ring (bicyclic) bond motifs is 1. The molecule has 0 unspecified atom stereocenters. The summed E-state index contributed by atoms with van der Waals surface area (Å²) in [5.74, 6) is -1.44. The van der Waals surface area contributed by atoms with E-state index in [0.717, 1.165) is 17.5 Å². The van der Waals surface area contributed by atoms with Gasteiger partial charge in [0.2, 0.25) is 5.88 Å². The van der Waals surface area contributed by atoms with Crippen molar-refractivity contribution < 1.29 is 18.3 Å². The molecule has 0 amide bonds. The predicted molar refractivity (Wildman–Crippen MR) is 84.9 cm³/mol. The van der Waals surface area contributed by atoms with Crippen molar-refractivity contribution in [2.24, 2.45) is 0 Å². The van der Waals surface area contributed by atoms with Crippen LogP contribution in [0, 0.1) is 15.3 Å². The molecule has 0 saturated carbocycles. The molecule has 22 heavy (non-hydrogen) atoms. The molecule has 3 rings (SSSR count). The fourth-order valence-corrected chi connectivity index (χ4v) is 2.45. The summed E-state index contributed by atoms with van der Waals surface area (Å²) in [6.45, 7) is 1.72. The highest BCUT2D eigenvalue weighted by Crippen LogP contribution is 2.27. The molecule has 0 atom stereocenters. The number of halogens is 3. The number of hydrogen-bond donors (Lipinski definition) is 0. The van der Waals surface area contributed by atoms with Gasteiger partial charge < -0.3 is 9.49 Å². The molecule has 3 aromatic rings. The van der Waals surface area contributed by atoms with Crippen molar-refractivity contribution in [3.05, 3.63) is 45.8 Å². The van der Waals surface area contributed by atoms with Crippen LogP contribution in [0.4, 0.5) is 8.78 Å². The fourth-order valence-electron chi connectivity index (χ4n) is 1.84. The molecule has 111 valence electrons. The number of benzene rings is 1. The zero-order valence-corrected chi connectivity index (χ0v) is 13.4. The number of ether oxygens (including phenoxy) is 1. The molecule has 0 aliphatic carbocycles. The Kier molecular flexibility index (Phi) is 4.14. The van der Waals surface area contributed by atoms with Crippen LogP contribution >= 0.6 is 22.6 Å². The largest absolute Gasteiger partial charge is 0.475 e. The van der Waals surface area contributed by atoms with Crippen LogP contribution in [0.5, 0.6) is 11.6 Å². The summed E-state index contributed by atoms with van der Waals surface area (Å²) in [5, 5.41) is 4.96. The zero-order valence-electron chi connectivity index (χ0n) is 11.3. The maximum atomic E-state index is 13.6. The van der Waals surface area contributed by atoms with Crippen LogP contribution < -0.4 is 9.49 Å². The van der Waals surface area contributed by atoms with Crippen LogP contribution in [0.3, 0.4) is 0 Å². The molecule has 0 saturated heterocycles. The minimum atomic E-state index is -0.803. The van der Waals surface area contributed by atoms with Gasteiger partial charge in [0.1, 0.15) is 15.0 Å². The highest BCUT2D eigenvalue weighted by molar-refractivity contribution is 14.1. The third-order valence-corrected chi connectivity index (χ3v) is 3.57. The molecule has 2 heterocycles. The molecule has 9 heteroatoms. The Hall–Kier alpha value is -1.91. The Labute approximate surface area is 138 Å². The Balaban J connectivity index is 1.99. The van der Waals surface area contributed by atoms with Gasteiger partial charge in [-0.1, -0.05) is 0 Å². The summed E-state index contributed by atoms with van der Waals surface area (Å²) >= 11 is 2.05. The lowest BCUT2D eigenvalue weighted by atomic mass is 10.1. The van der Waals surface area contributed by atoms with Crippen LogP contribution in [0.1, 0.15) is 0 Å². The molecular formula is C13H8BF2IN3O2. The molecule has 0 aliphatic heterocycles. The molecule has 0 aliphatic rings. The van der Waals surface area contributed by atoms with Crippen LogP contribution in [-0.4, -0.2) is 22.4 Å². The molecule has 0 fully saturated rings. The van der Waals surface area contributed by atoms with Crippen molar-refractivity contribution in [1.29, 1.82) is 0 Å². The minimum Gasteiger partial charge on any atom is -0.475 e. The quantitative estimate of drug-likeness (QED) is 0.487. The smallest absolute Gasteiger partial charge is 0.407 e. The fraction of sp³-hybridized carbons (Fsp3) is 0.0769. The van der Waals surface area contributed by atoms with E-state index in [-0.39, 0.29) is 11.6 Å². The number of pyridine rings is 1. The molecule has 0 bridgehead atoms. The lowest BCUT2D eigenvalue weighted by molar-refractivity contribution is 0.260. The van der Waals surface area contributed by atoms with E-state index in [1.54, 1.807) is 19.1 Å². The van der Waals surface area contributed by atoms with Gasteiger partial charge in [-0.3, -0.25) is 0 Å². The van der Waals surface area contributed by atoms with E-state index >= 15 is 0 Å². The van der Waals surface area contributed by atoms with Crippen molar-refractivity contribution in [3.8, 4) is 11.6 Å². The van der Waals surface area contributed by atoms with Crippen molar-refractivity contribution >= 4 is 41.0 Å². The maximum absolute atomic E-state index is 13.6. The van der Waals surface area contributed by atoms with Gasteiger partial charge in [-0.25, -0.2) is 13.8 Å². The van der Waals surface area contributed by atoms with Gasteiger partial charge in [-0.05, 0) is 41.5 Å². The van der Waals surface area contributed by atoms with E-state index in [9.17, 15) is 8.78 Å². The highest BCUT2D eigenvalue weighted by atomic mass is 127. The van der Waals surface area contributed by atoms with E-state index in [1.807, 2.05) is 0 Å². The van der Waals surface area contributed by atoms with Crippen molar-refractivity contribution in [2.45, 2.75) is 6.82 Å². The molecule has 1 aromatic carbocycles. The maximum Gasteiger partial charge on any atom is 0.407 e. The second kappa shape index (κ2) is 6.07.